The molecule has 0 radical (unpaired) electrons. The Morgan fingerprint density at radius 1 is 0.933 bits per heavy atom. The van der Waals surface area contributed by atoms with Gasteiger partial charge in [-0.15, -0.1) is 0 Å². The third kappa shape index (κ3) is 5.71. The molecule has 1 N–H and O–H groups in total. The molecule has 160 valence electrons. The van der Waals surface area contributed by atoms with Gasteiger partial charge in [-0.3, -0.25) is 4.79 Å². The molecule has 4 heteroatoms. The van der Waals surface area contributed by atoms with Gasteiger partial charge in [0, 0.05) is 23.8 Å². The third-order valence-corrected chi connectivity index (χ3v) is 6.36. The van der Waals surface area contributed by atoms with Crippen LogP contribution in [0.5, 0.6) is 0 Å². The summed E-state index contributed by atoms with van der Waals surface area (Å²) in [5, 5.41) is 3.04. The minimum atomic E-state index is -0.0753. The predicted molar refractivity (Wildman–Crippen MR) is 123 cm³/mol. The van der Waals surface area contributed by atoms with Gasteiger partial charge in [-0.05, 0) is 73.8 Å². The van der Waals surface area contributed by atoms with Crippen molar-refractivity contribution in [2.75, 3.05) is 5.32 Å². The molecule has 3 rings (SSSR count). The van der Waals surface area contributed by atoms with Crippen molar-refractivity contribution < 1.29 is 9.59 Å². The minimum absolute atomic E-state index is 0.0224. The Bertz CT molecular complexity index is 845. The van der Waals surface area contributed by atoms with Crippen LogP contribution in [-0.2, 0) is 6.54 Å². The van der Waals surface area contributed by atoms with E-state index in [1.54, 1.807) is 31.2 Å². The second-order valence-corrected chi connectivity index (χ2v) is 9.55. The third-order valence-electron chi connectivity index (χ3n) is 6.36. The summed E-state index contributed by atoms with van der Waals surface area (Å²) in [5.41, 5.74) is 2.81. The highest BCUT2D eigenvalue weighted by molar-refractivity contribution is 5.95. The maximum absolute atomic E-state index is 13.3. The Labute approximate surface area is 180 Å². The molecule has 0 spiro atoms. The van der Waals surface area contributed by atoms with Crippen LogP contribution in [0.3, 0.4) is 0 Å². The van der Waals surface area contributed by atoms with Crippen LogP contribution in [0.25, 0.3) is 0 Å². The number of rotatable bonds is 5. The molecule has 0 heterocycles. The molecular formula is C26H34N2O2. The van der Waals surface area contributed by atoms with E-state index in [0.717, 1.165) is 31.2 Å². The van der Waals surface area contributed by atoms with Gasteiger partial charge in [0.05, 0.1) is 0 Å². The van der Waals surface area contributed by atoms with E-state index in [2.05, 4.69) is 38.2 Å². The first kappa shape index (κ1) is 22.1. The molecule has 0 aromatic heterocycles. The van der Waals surface area contributed by atoms with E-state index in [9.17, 15) is 9.59 Å². The van der Waals surface area contributed by atoms with E-state index in [1.807, 2.05) is 23.1 Å². The number of ketones is 1. The molecule has 2 aromatic rings. The van der Waals surface area contributed by atoms with Crippen LogP contribution >= 0.6 is 0 Å². The molecule has 2 aromatic carbocycles. The standard InChI is InChI=1S/C26H34N2O2/c1-19(29)21-10-14-23(15-11-21)27-25(30)28(18-20-8-6-5-7-9-20)24-16-12-22(13-17-24)26(2,3)4/h5-11,14-15,22,24H,12-13,16-18H2,1-4H3,(H,27,30). The summed E-state index contributed by atoms with van der Waals surface area (Å²) in [6.07, 6.45) is 4.37. The van der Waals surface area contributed by atoms with E-state index < -0.39 is 0 Å². The molecular weight excluding hydrogens is 372 g/mol. The number of nitrogens with zero attached hydrogens (tertiary/aromatic N) is 1. The van der Waals surface area contributed by atoms with Gasteiger partial charge < -0.3 is 10.2 Å². The zero-order valence-electron chi connectivity index (χ0n) is 18.7. The quantitative estimate of drug-likeness (QED) is 0.574. The van der Waals surface area contributed by atoms with Crippen LogP contribution in [0, 0.1) is 11.3 Å². The van der Waals surface area contributed by atoms with E-state index in [-0.39, 0.29) is 17.9 Å². The number of hydrogen-bond donors (Lipinski definition) is 1. The molecule has 1 saturated carbocycles. The fourth-order valence-corrected chi connectivity index (χ4v) is 4.38. The number of carbonyl (C=O) groups excluding carboxylic acids is 2. The number of urea groups is 1. The highest BCUT2D eigenvalue weighted by Crippen LogP contribution is 2.39. The van der Waals surface area contributed by atoms with Crippen LogP contribution in [-0.4, -0.2) is 22.8 Å². The Hall–Kier alpha value is -2.62. The van der Waals surface area contributed by atoms with Crippen LogP contribution in [0.4, 0.5) is 10.5 Å². The molecule has 4 nitrogen and oxygen atoms in total. The van der Waals surface area contributed by atoms with Crippen molar-refractivity contribution in [3.05, 3.63) is 65.7 Å². The molecule has 0 unspecified atom stereocenters. The van der Waals surface area contributed by atoms with Gasteiger partial charge in [0.2, 0.25) is 0 Å². The van der Waals surface area contributed by atoms with E-state index in [0.29, 0.717) is 29.1 Å². The van der Waals surface area contributed by atoms with Gasteiger partial charge in [-0.1, -0.05) is 51.1 Å². The number of benzene rings is 2. The van der Waals surface area contributed by atoms with E-state index in [4.69, 9.17) is 0 Å². The predicted octanol–water partition coefficient (Wildman–Crippen LogP) is 6.53. The van der Waals surface area contributed by atoms with Crippen molar-refractivity contribution in [1.82, 2.24) is 4.90 Å². The second-order valence-electron chi connectivity index (χ2n) is 9.55. The average molecular weight is 407 g/mol. The monoisotopic (exact) mass is 406 g/mol. The molecule has 1 fully saturated rings. The highest BCUT2D eigenvalue weighted by Gasteiger charge is 2.33. The topological polar surface area (TPSA) is 49.4 Å². The van der Waals surface area contributed by atoms with Crippen LogP contribution < -0.4 is 5.32 Å². The van der Waals surface area contributed by atoms with Crippen LogP contribution in [0.15, 0.2) is 54.6 Å². The maximum Gasteiger partial charge on any atom is 0.322 e. The van der Waals surface area contributed by atoms with E-state index >= 15 is 0 Å². The van der Waals surface area contributed by atoms with Gasteiger partial charge in [-0.2, -0.15) is 0 Å². The van der Waals surface area contributed by atoms with Gasteiger partial charge >= 0.3 is 6.03 Å². The molecule has 1 aliphatic rings. The summed E-state index contributed by atoms with van der Waals surface area (Å²) in [7, 11) is 0. The SMILES string of the molecule is CC(=O)c1ccc(NC(=O)N(Cc2ccccc2)C2CCC(C(C)(C)C)CC2)cc1. The number of amides is 2. The molecule has 0 saturated heterocycles. The average Bonchev–Trinajstić information content (AvgIpc) is 2.72. The fourth-order valence-electron chi connectivity index (χ4n) is 4.38. The molecule has 0 atom stereocenters. The van der Waals surface area contributed by atoms with Crippen LogP contribution in [0.2, 0.25) is 0 Å². The summed E-state index contributed by atoms with van der Waals surface area (Å²) in [6, 6.07) is 17.4. The van der Waals surface area contributed by atoms with Gasteiger partial charge in [-0.25, -0.2) is 4.79 Å². The Morgan fingerprint density at radius 2 is 1.53 bits per heavy atom. The summed E-state index contributed by atoms with van der Waals surface area (Å²) >= 11 is 0. The van der Waals surface area contributed by atoms with E-state index in [1.165, 1.54) is 0 Å². The summed E-state index contributed by atoms with van der Waals surface area (Å²) in [6.45, 7) is 9.09. The smallest absolute Gasteiger partial charge is 0.317 e. The van der Waals surface area contributed by atoms with Crippen LogP contribution in [0.1, 0.15) is 69.3 Å². The number of Topliss-reactive ketones (excluding diaryl/α,β-unsaturated/α-hetero) is 1. The van der Waals surface area contributed by atoms with Gasteiger partial charge in [0.25, 0.3) is 0 Å². The molecule has 1 aliphatic carbocycles. The summed E-state index contributed by atoms with van der Waals surface area (Å²) in [4.78, 5) is 26.8. The summed E-state index contributed by atoms with van der Waals surface area (Å²) in [5.74, 6) is 0.726. The lowest BCUT2D eigenvalue weighted by atomic mass is 9.71. The molecule has 0 aliphatic heterocycles. The number of carbonyl (C=O) groups is 2. The molecule has 30 heavy (non-hydrogen) atoms. The van der Waals surface area contributed by atoms with Gasteiger partial charge in [0.15, 0.2) is 5.78 Å². The Kier molecular flexibility index (Phi) is 6.96. The largest absolute Gasteiger partial charge is 0.322 e. The first-order valence-corrected chi connectivity index (χ1v) is 11.0. The van der Waals surface area contributed by atoms with Crippen molar-refractivity contribution in [3.63, 3.8) is 0 Å². The first-order chi connectivity index (χ1) is 14.2. The normalized spacial score (nSPS) is 19.2. The zero-order valence-corrected chi connectivity index (χ0v) is 18.7. The summed E-state index contributed by atoms with van der Waals surface area (Å²) < 4.78 is 0. The van der Waals surface area contributed by atoms with Crippen molar-refractivity contribution in [2.24, 2.45) is 11.3 Å². The number of hydrogen-bond acceptors (Lipinski definition) is 2. The Morgan fingerprint density at radius 3 is 2.07 bits per heavy atom. The molecule has 2 amide bonds. The van der Waals surface area contributed by atoms with Crippen molar-refractivity contribution >= 4 is 17.5 Å². The minimum Gasteiger partial charge on any atom is -0.317 e. The highest BCUT2D eigenvalue weighted by atomic mass is 16.2. The number of anilines is 1. The van der Waals surface area contributed by atoms with Crippen molar-refractivity contribution in [1.29, 1.82) is 0 Å². The van der Waals surface area contributed by atoms with Crippen molar-refractivity contribution in [3.8, 4) is 0 Å². The lowest BCUT2D eigenvalue weighted by molar-refractivity contribution is 0.101. The number of nitrogens with one attached hydrogen (secondary N) is 1. The fraction of sp³-hybridized carbons (Fsp3) is 0.462. The lowest BCUT2D eigenvalue weighted by Gasteiger charge is -2.41. The van der Waals surface area contributed by atoms with Gasteiger partial charge in [0.1, 0.15) is 0 Å². The Balaban J connectivity index is 1.73. The zero-order chi connectivity index (χ0) is 21.7. The molecule has 0 bridgehead atoms. The second kappa shape index (κ2) is 9.46. The van der Waals surface area contributed by atoms with Crippen molar-refractivity contribution in [2.45, 2.75) is 66.0 Å². The maximum atomic E-state index is 13.3. The first-order valence-electron chi connectivity index (χ1n) is 11.0. The lowest BCUT2D eigenvalue weighted by Crippen LogP contribution is -2.45.